The first-order chi connectivity index (χ1) is 12.6. The van der Waals surface area contributed by atoms with Crippen LogP contribution in [0.2, 0.25) is 0 Å². The van der Waals surface area contributed by atoms with Crippen LogP contribution in [0.5, 0.6) is 0 Å². The van der Waals surface area contributed by atoms with Gasteiger partial charge in [0.1, 0.15) is 17.3 Å². The van der Waals surface area contributed by atoms with Gasteiger partial charge in [-0.2, -0.15) is 4.39 Å². The van der Waals surface area contributed by atoms with E-state index in [4.69, 9.17) is 8.83 Å². The predicted molar refractivity (Wildman–Crippen MR) is 83.9 cm³/mol. The van der Waals surface area contributed by atoms with Crippen LogP contribution in [0.15, 0.2) is 14.9 Å². The van der Waals surface area contributed by atoms with Crippen molar-refractivity contribution in [2.75, 3.05) is 0 Å². The van der Waals surface area contributed by atoms with Crippen LogP contribution in [0.25, 0.3) is 11.0 Å². The zero-order valence-electron chi connectivity index (χ0n) is 14.2. The first-order valence-corrected chi connectivity index (χ1v) is 7.56. The first kappa shape index (κ1) is 18.5. The van der Waals surface area contributed by atoms with E-state index in [-0.39, 0.29) is 11.3 Å². The minimum Gasteiger partial charge on any atom is -0.466 e. The smallest absolute Gasteiger partial charge is 0.273 e. The van der Waals surface area contributed by atoms with E-state index in [9.17, 15) is 27.2 Å². The average Bonchev–Trinajstić information content (AvgIpc) is 3.14. The highest BCUT2D eigenvalue weighted by Crippen LogP contribution is 2.33. The molecule has 6 nitrogen and oxygen atoms in total. The number of hydrogen-bond acceptors (Lipinski definition) is 4. The SMILES string of the molecule is Cc1cc(C(=O)NNC(=O)c2c(C)oc3c(F)c(F)c(F)c(F)c23)c(C)o1. The highest BCUT2D eigenvalue weighted by atomic mass is 19.2. The van der Waals surface area contributed by atoms with E-state index in [1.165, 1.54) is 19.9 Å². The standard InChI is InChI=1S/C17H12F4N2O4/c1-5-4-8(6(2)26-5)16(24)22-23-17(25)9-7(3)27-15-10(9)11(18)12(19)13(20)14(15)21/h4H,1-3H3,(H,22,24)(H,23,25). The van der Waals surface area contributed by atoms with Crippen LogP contribution >= 0.6 is 0 Å². The second kappa shape index (κ2) is 6.45. The lowest BCUT2D eigenvalue weighted by atomic mass is 10.1. The molecule has 3 aromatic rings. The van der Waals surface area contributed by atoms with Gasteiger partial charge in [0.25, 0.3) is 11.8 Å². The highest BCUT2D eigenvalue weighted by molar-refractivity contribution is 6.08. The van der Waals surface area contributed by atoms with Crippen LogP contribution in [-0.2, 0) is 0 Å². The van der Waals surface area contributed by atoms with Gasteiger partial charge in [-0.1, -0.05) is 0 Å². The largest absolute Gasteiger partial charge is 0.466 e. The molecule has 0 spiro atoms. The summed E-state index contributed by atoms with van der Waals surface area (Å²) in [6.07, 6.45) is 0. The van der Waals surface area contributed by atoms with Gasteiger partial charge in [-0.3, -0.25) is 20.4 Å². The fourth-order valence-corrected chi connectivity index (χ4v) is 2.68. The molecule has 27 heavy (non-hydrogen) atoms. The van der Waals surface area contributed by atoms with Crippen molar-refractivity contribution in [2.24, 2.45) is 0 Å². The first-order valence-electron chi connectivity index (χ1n) is 7.56. The molecule has 2 N–H and O–H groups in total. The Kier molecular flexibility index (Phi) is 4.42. The number of halogens is 4. The molecular formula is C17H12F4N2O4. The number of nitrogens with one attached hydrogen (secondary N) is 2. The minimum atomic E-state index is -2.08. The van der Waals surface area contributed by atoms with Crippen molar-refractivity contribution in [3.63, 3.8) is 0 Å². The number of rotatable bonds is 2. The number of amides is 2. The molecule has 0 unspecified atom stereocenters. The van der Waals surface area contributed by atoms with Gasteiger partial charge < -0.3 is 8.83 Å². The van der Waals surface area contributed by atoms with Gasteiger partial charge in [0.15, 0.2) is 17.2 Å². The van der Waals surface area contributed by atoms with Crippen molar-refractivity contribution in [3.8, 4) is 0 Å². The Morgan fingerprint density at radius 1 is 0.815 bits per heavy atom. The van der Waals surface area contributed by atoms with Crippen LogP contribution in [0.1, 0.15) is 38.0 Å². The van der Waals surface area contributed by atoms with E-state index >= 15 is 0 Å². The van der Waals surface area contributed by atoms with Crippen molar-refractivity contribution in [2.45, 2.75) is 20.8 Å². The topological polar surface area (TPSA) is 84.5 Å². The average molecular weight is 384 g/mol. The van der Waals surface area contributed by atoms with E-state index in [0.717, 1.165) is 0 Å². The fraction of sp³-hybridized carbons (Fsp3) is 0.176. The molecule has 3 rings (SSSR count). The molecule has 0 fully saturated rings. The number of hydrazine groups is 1. The third-order valence-electron chi connectivity index (χ3n) is 3.88. The predicted octanol–water partition coefficient (Wildman–Crippen LogP) is 3.58. The van der Waals surface area contributed by atoms with Crippen molar-refractivity contribution < 1.29 is 36.0 Å². The van der Waals surface area contributed by atoms with E-state index < -0.39 is 51.6 Å². The van der Waals surface area contributed by atoms with Crippen molar-refractivity contribution >= 4 is 22.8 Å². The second-order valence-corrected chi connectivity index (χ2v) is 5.73. The molecule has 1 aromatic carbocycles. The van der Waals surface area contributed by atoms with Gasteiger partial charge in [-0.05, 0) is 26.8 Å². The van der Waals surface area contributed by atoms with Gasteiger partial charge in [-0.15, -0.1) is 0 Å². The minimum absolute atomic E-state index is 0.145. The number of aryl methyl sites for hydroxylation is 3. The molecule has 2 aromatic heterocycles. The van der Waals surface area contributed by atoms with Crippen LogP contribution < -0.4 is 10.9 Å². The summed E-state index contributed by atoms with van der Waals surface area (Å²) in [6, 6.07) is 1.43. The van der Waals surface area contributed by atoms with Gasteiger partial charge in [-0.25, -0.2) is 13.2 Å². The summed E-state index contributed by atoms with van der Waals surface area (Å²) in [7, 11) is 0. The van der Waals surface area contributed by atoms with Crippen LogP contribution in [0.4, 0.5) is 17.6 Å². The molecule has 0 atom stereocenters. The van der Waals surface area contributed by atoms with E-state index in [1.54, 1.807) is 6.92 Å². The Morgan fingerprint density at radius 3 is 2.00 bits per heavy atom. The molecule has 0 saturated heterocycles. The summed E-state index contributed by atoms with van der Waals surface area (Å²) >= 11 is 0. The monoisotopic (exact) mass is 384 g/mol. The Labute approximate surface area is 149 Å². The number of furan rings is 2. The zero-order chi connectivity index (χ0) is 20.0. The number of hydrogen-bond donors (Lipinski definition) is 2. The third-order valence-corrected chi connectivity index (χ3v) is 3.88. The van der Waals surface area contributed by atoms with E-state index in [2.05, 4.69) is 5.43 Å². The van der Waals surface area contributed by atoms with Crippen LogP contribution in [-0.4, -0.2) is 11.8 Å². The second-order valence-electron chi connectivity index (χ2n) is 5.73. The molecule has 142 valence electrons. The maximum absolute atomic E-state index is 14.1. The third kappa shape index (κ3) is 2.92. The molecule has 2 amide bonds. The Balaban J connectivity index is 1.93. The quantitative estimate of drug-likeness (QED) is 0.306. The Hall–Kier alpha value is -3.30. The zero-order valence-corrected chi connectivity index (χ0v) is 14.2. The van der Waals surface area contributed by atoms with E-state index in [1.807, 2.05) is 5.43 Å². The Morgan fingerprint density at radius 2 is 1.41 bits per heavy atom. The maximum Gasteiger partial charge on any atom is 0.273 e. The number of fused-ring (bicyclic) bond motifs is 1. The molecule has 0 saturated carbocycles. The van der Waals surface area contributed by atoms with Gasteiger partial charge in [0.05, 0.1) is 16.5 Å². The molecule has 0 aliphatic heterocycles. The summed E-state index contributed by atoms with van der Waals surface area (Å²) in [6.45, 7) is 4.33. The molecule has 0 radical (unpaired) electrons. The summed E-state index contributed by atoms with van der Waals surface area (Å²) in [5.74, 6) is -9.05. The summed E-state index contributed by atoms with van der Waals surface area (Å²) in [5, 5.41) is -0.869. The van der Waals surface area contributed by atoms with Crippen molar-refractivity contribution in [3.05, 3.63) is 57.7 Å². The fourth-order valence-electron chi connectivity index (χ4n) is 2.68. The number of carbonyl (C=O) groups excluding carboxylic acids is 2. The van der Waals surface area contributed by atoms with Crippen molar-refractivity contribution in [1.82, 2.24) is 10.9 Å². The lowest BCUT2D eigenvalue weighted by Crippen LogP contribution is -2.41. The summed E-state index contributed by atoms with van der Waals surface area (Å²) in [4.78, 5) is 24.4. The maximum atomic E-state index is 14.1. The number of benzene rings is 1. The van der Waals surface area contributed by atoms with Gasteiger partial charge in [0, 0.05) is 0 Å². The molecule has 2 heterocycles. The van der Waals surface area contributed by atoms with Gasteiger partial charge >= 0.3 is 0 Å². The van der Waals surface area contributed by atoms with Crippen LogP contribution in [0, 0.1) is 44.0 Å². The molecule has 0 bridgehead atoms. The lowest BCUT2D eigenvalue weighted by Gasteiger charge is -2.07. The Bertz CT molecular complexity index is 1100. The van der Waals surface area contributed by atoms with Crippen LogP contribution in [0.3, 0.4) is 0 Å². The molecule has 0 aliphatic rings. The molecular weight excluding hydrogens is 372 g/mol. The normalized spacial score (nSPS) is 11.1. The molecule has 0 aliphatic carbocycles. The van der Waals surface area contributed by atoms with E-state index in [0.29, 0.717) is 11.5 Å². The highest BCUT2D eigenvalue weighted by Gasteiger charge is 2.30. The summed E-state index contributed by atoms with van der Waals surface area (Å²) < 4.78 is 64.8. The molecule has 10 heteroatoms. The van der Waals surface area contributed by atoms with Crippen molar-refractivity contribution in [1.29, 1.82) is 0 Å². The number of carbonyl (C=O) groups is 2. The van der Waals surface area contributed by atoms with Gasteiger partial charge in [0.2, 0.25) is 11.6 Å². The summed E-state index contributed by atoms with van der Waals surface area (Å²) in [5.41, 5.74) is 2.68. The lowest BCUT2D eigenvalue weighted by molar-refractivity contribution is 0.0845.